The predicted octanol–water partition coefficient (Wildman–Crippen LogP) is 4.41. The van der Waals surface area contributed by atoms with Crippen molar-refractivity contribution in [3.63, 3.8) is 0 Å². The van der Waals surface area contributed by atoms with Gasteiger partial charge in [0, 0.05) is 38.8 Å². The Balaban J connectivity index is 1.80. The van der Waals surface area contributed by atoms with E-state index in [1.54, 1.807) is 11.0 Å². The fraction of sp³-hybridized carbons (Fsp3) is 0.458. The molecule has 1 N–H and O–H groups in total. The number of phenols is 1. The summed E-state index contributed by atoms with van der Waals surface area (Å²) in [6.45, 7) is 10.9. The minimum absolute atomic E-state index is 0.0131. The highest BCUT2D eigenvalue weighted by Crippen LogP contribution is 2.33. The average Bonchev–Trinajstić information content (AvgIpc) is 2.77. The number of carbonyl (C=O) groups is 1. The van der Waals surface area contributed by atoms with E-state index in [1.807, 2.05) is 32.9 Å². The lowest BCUT2D eigenvalue weighted by molar-refractivity contribution is 0.0341. The van der Waals surface area contributed by atoms with Crippen molar-refractivity contribution in [1.29, 1.82) is 0 Å². The first kappa shape index (κ1) is 22.9. The number of ether oxygens (including phenoxy) is 1. The highest BCUT2D eigenvalue weighted by atomic mass is 16.5. The molecule has 0 spiro atoms. The van der Waals surface area contributed by atoms with Crippen LogP contribution in [0.4, 0.5) is 5.69 Å². The summed E-state index contributed by atoms with van der Waals surface area (Å²) in [5, 5.41) is 13.1. The summed E-state index contributed by atoms with van der Waals surface area (Å²) in [7, 11) is 0. The van der Waals surface area contributed by atoms with Crippen LogP contribution in [-0.4, -0.2) is 53.7 Å². The third-order valence-corrected chi connectivity index (χ3v) is 5.64. The molecular weight excluding hydrogens is 394 g/mol. The van der Waals surface area contributed by atoms with Gasteiger partial charge in [0.15, 0.2) is 0 Å². The molecule has 2 aromatic rings. The average molecular weight is 426 g/mol. The molecule has 166 valence electrons. The summed E-state index contributed by atoms with van der Waals surface area (Å²) in [5.41, 5.74) is 3.04. The molecule has 0 unspecified atom stereocenters. The summed E-state index contributed by atoms with van der Waals surface area (Å²) < 4.78 is 5.41. The topological polar surface area (TPSA) is 82.4 Å². The Morgan fingerprint density at radius 1 is 1.19 bits per heavy atom. The number of hydrogen-bond acceptors (Lipinski definition) is 6. The summed E-state index contributed by atoms with van der Waals surface area (Å²) >= 11 is 0. The molecule has 31 heavy (non-hydrogen) atoms. The van der Waals surface area contributed by atoms with Gasteiger partial charge in [0.05, 0.1) is 18.8 Å². The highest BCUT2D eigenvalue weighted by molar-refractivity contribution is 5.99. The van der Waals surface area contributed by atoms with Crippen LogP contribution in [0.2, 0.25) is 0 Å². The van der Waals surface area contributed by atoms with Gasteiger partial charge in [-0.1, -0.05) is 38.1 Å². The number of morpholine rings is 1. The van der Waals surface area contributed by atoms with E-state index in [0.29, 0.717) is 18.7 Å². The van der Waals surface area contributed by atoms with Crippen LogP contribution in [-0.2, 0) is 17.8 Å². The van der Waals surface area contributed by atoms with Crippen LogP contribution in [0, 0.1) is 4.91 Å². The smallest absolute Gasteiger partial charge is 0.256 e. The third kappa shape index (κ3) is 5.68. The molecule has 7 heteroatoms. The van der Waals surface area contributed by atoms with E-state index in [-0.39, 0.29) is 28.8 Å². The highest BCUT2D eigenvalue weighted by Gasteiger charge is 2.22. The molecule has 7 nitrogen and oxygen atoms in total. The second-order valence-electron chi connectivity index (χ2n) is 8.20. The van der Waals surface area contributed by atoms with E-state index in [2.05, 4.69) is 22.2 Å². The maximum absolute atomic E-state index is 13.3. The van der Waals surface area contributed by atoms with E-state index in [1.165, 1.54) is 11.6 Å². The van der Waals surface area contributed by atoms with Gasteiger partial charge in [-0.05, 0) is 40.8 Å². The van der Waals surface area contributed by atoms with Crippen LogP contribution in [0.1, 0.15) is 53.7 Å². The fourth-order valence-corrected chi connectivity index (χ4v) is 3.87. The van der Waals surface area contributed by atoms with Gasteiger partial charge >= 0.3 is 0 Å². The lowest BCUT2D eigenvalue weighted by Crippen LogP contribution is -2.35. The first-order chi connectivity index (χ1) is 14.9. The van der Waals surface area contributed by atoms with Crippen LogP contribution in [0.5, 0.6) is 5.75 Å². The second kappa shape index (κ2) is 10.5. The van der Waals surface area contributed by atoms with E-state index in [9.17, 15) is 14.8 Å². The zero-order chi connectivity index (χ0) is 22.4. The normalized spacial score (nSPS) is 14.6. The molecule has 0 atom stereocenters. The maximum atomic E-state index is 13.3. The summed E-state index contributed by atoms with van der Waals surface area (Å²) in [4.78, 5) is 28.6. The Bertz CT molecular complexity index is 923. The number of phenolic OH excluding ortho intramolecular Hbond substituents is 1. The van der Waals surface area contributed by atoms with Crippen molar-refractivity contribution in [3.8, 4) is 5.75 Å². The third-order valence-electron chi connectivity index (χ3n) is 5.64. The molecule has 1 fully saturated rings. The minimum atomic E-state index is -0.266. The monoisotopic (exact) mass is 425 g/mol. The molecule has 1 amide bonds. The molecule has 2 aromatic carbocycles. The molecule has 1 saturated heterocycles. The zero-order valence-corrected chi connectivity index (χ0v) is 18.5. The fourth-order valence-electron chi connectivity index (χ4n) is 3.87. The molecule has 1 heterocycles. The van der Waals surface area contributed by atoms with Crippen molar-refractivity contribution in [2.45, 2.75) is 39.8 Å². The molecule has 0 aromatic heterocycles. The van der Waals surface area contributed by atoms with E-state index in [4.69, 9.17) is 4.74 Å². The van der Waals surface area contributed by atoms with Crippen molar-refractivity contribution >= 4 is 11.6 Å². The van der Waals surface area contributed by atoms with Gasteiger partial charge < -0.3 is 14.7 Å². The lowest BCUT2D eigenvalue weighted by Gasteiger charge is -2.27. The van der Waals surface area contributed by atoms with Crippen molar-refractivity contribution in [1.82, 2.24) is 9.80 Å². The Morgan fingerprint density at radius 3 is 2.55 bits per heavy atom. The second-order valence-corrected chi connectivity index (χ2v) is 8.20. The maximum Gasteiger partial charge on any atom is 0.256 e. The summed E-state index contributed by atoms with van der Waals surface area (Å²) in [6.07, 6.45) is 0. The molecular formula is C24H31N3O4. The van der Waals surface area contributed by atoms with Gasteiger partial charge in [0.2, 0.25) is 0 Å². The van der Waals surface area contributed by atoms with Crippen molar-refractivity contribution in [3.05, 3.63) is 63.6 Å². The standard InChI is InChI=1S/C24H31N3O4/c1-4-27(24(29)21-13-20(17(2)3)23(28)14-22(21)25-30)16-19-7-5-6-18(12-19)15-26-8-10-31-11-9-26/h5-7,12-14,17,28H,4,8-11,15-16H2,1-3H3. The number of nitrogens with zero attached hydrogens (tertiary/aromatic N) is 3. The molecule has 3 rings (SSSR count). The van der Waals surface area contributed by atoms with Gasteiger partial charge in [0.1, 0.15) is 11.4 Å². The van der Waals surface area contributed by atoms with Crippen LogP contribution in [0.25, 0.3) is 0 Å². The number of benzene rings is 2. The largest absolute Gasteiger partial charge is 0.508 e. The van der Waals surface area contributed by atoms with Crippen LogP contribution in [0.3, 0.4) is 0 Å². The molecule has 0 radical (unpaired) electrons. The molecule has 1 aliphatic heterocycles. The Morgan fingerprint density at radius 2 is 1.90 bits per heavy atom. The number of aromatic hydroxyl groups is 1. The van der Waals surface area contributed by atoms with Gasteiger partial charge in [-0.2, -0.15) is 0 Å². The first-order valence-corrected chi connectivity index (χ1v) is 10.8. The number of amides is 1. The van der Waals surface area contributed by atoms with Crippen molar-refractivity contribution < 1.29 is 14.6 Å². The van der Waals surface area contributed by atoms with Gasteiger partial charge in [-0.3, -0.25) is 9.69 Å². The molecule has 0 saturated carbocycles. The van der Waals surface area contributed by atoms with Gasteiger partial charge in [-0.15, -0.1) is 4.91 Å². The summed E-state index contributed by atoms with van der Waals surface area (Å²) in [5.74, 6) is -0.267. The number of carbonyl (C=O) groups excluding carboxylic acids is 1. The predicted molar refractivity (Wildman–Crippen MR) is 121 cm³/mol. The first-order valence-electron chi connectivity index (χ1n) is 10.8. The Kier molecular flexibility index (Phi) is 7.76. The minimum Gasteiger partial charge on any atom is -0.508 e. The van der Waals surface area contributed by atoms with Gasteiger partial charge in [0.25, 0.3) is 5.91 Å². The Hall–Kier alpha value is -2.77. The SMILES string of the molecule is CCN(Cc1cccc(CN2CCOCC2)c1)C(=O)c1cc(C(C)C)c(O)cc1N=O. The van der Waals surface area contributed by atoms with E-state index >= 15 is 0 Å². The van der Waals surface area contributed by atoms with Crippen molar-refractivity contribution in [2.75, 3.05) is 32.8 Å². The summed E-state index contributed by atoms with van der Waals surface area (Å²) in [6, 6.07) is 11.1. The molecule has 1 aliphatic rings. The van der Waals surface area contributed by atoms with Crippen molar-refractivity contribution in [2.24, 2.45) is 5.18 Å². The quantitative estimate of drug-likeness (QED) is 0.634. The number of rotatable bonds is 8. The number of hydrogen-bond donors (Lipinski definition) is 1. The molecule has 0 bridgehead atoms. The zero-order valence-electron chi connectivity index (χ0n) is 18.5. The van der Waals surface area contributed by atoms with E-state index in [0.717, 1.165) is 38.4 Å². The lowest BCUT2D eigenvalue weighted by atomic mass is 9.97. The van der Waals surface area contributed by atoms with E-state index < -0.39 is 0 Å². The number of nitroso groups, excluding NO2 is 1. The van der Waals surface area contributed by atoms with Crippen LogP contribution >= 0.6 is 0 Å². The van der Waals surface area contributed by atoms with Gasteiger partial charge in [-0.25, -0.2) is 0 Å². The molecule has 0 aliphatic carbocycles. The van der Waals surface area contributed by atoms with Crippen LogP contribution < -0.4 is 0 Å². The van der Waals surface area contributed by atoms with Crippen LogP contribution in [0.15, 0.2) is 41.6 Å². The Labute approximate surface area is 183 Å².